The zero-order valence-electron chi connectivity index (χ0n) is 13.9. The number of aryl methyl sites for hydroxylation is 3. The minimum atomic E-state index is -3.50. The molecule has 3 heterocycles. The van der Waals surface area contributed by atoms with Crippen LogP contribution in [0, 0.1) is 20.8 Å². The molecule has 0 N–H and O–H groups in total. The number of rotatable bonds is 3. The number of pyridine rings is 1. The Morgan fingerprint density at radius 3 is 2.61 bits per heavy atom. The quantitative estimate of drug-likeness (QED) is 0.860. The summed E-state index contributed by atoms with van der Waals surface area (Å²) in [5.74, 6) is 0.204. The van der Waals surface area contributed by atoms with Crippen molar-refractivity contribution in [2.24, 2.45) is 7.05 Å². The average Bonchev–Trinajstić information content (AvgIpc) is 3.06. The molecule has 0 saturated carbocycles. The van der Waals surface area contributed by atoms with Crippen LogP contribution < -0.4 is 0 Å². The zero-order valence-corrected chi connectivity index (χ0v) is 14.8. The van der Waals surface area contributed by atoms with E-state index in [9.17, 15) is 8.42 Å². The van der Waals surface area contributed by atoms with Crippen LogP contribution >= 0.6 is 0 Å². The van der Waals surface area contributed by atoms with Crippen LogP contribution in [0.15, 0.2) is 23.4 Å². The Morgan fingerprint density at radius 1 is 1.26 bits per heavy atom. The summed E-state index contributed by atoms with van der Waals surface area (Å²) >= 11 is 0. The molecule has 2 aromatic heterocycles. The number of hydrogen-bond acceptors (Lipinski definition) is 4. The van der Waals surface area contributed by atoms with Gasteiger partial charge in [-0.3, -0.25) is 9.67 Å². The fraction of sp³-hybridized carbons (Fsp3) is 0.500. The highest BCUT2D eigenvalue weighted by Gasteiger charge is 2.36. The van der Waals surface area contributed by atoms with Gasteiger partial charge >= 0.3 is 0 Å². The van der Waals surface area contributed by atoms with Gasteiger partial charge in [0.2, 0.25) is 10.0 Å². The van der Waals surface area contributed by atoms with Crippen LogP contribution in [0.5, 0.6) is 0 Å². The van der Waals surface area contributed by atoms with Gasteiger partial charge < -0.3 is 0 Å². The Bertz CT molecular complexity index is 842. The lowest BCUT2D eigenvalue weighted by atomic mass is 9.96. The van der Waals surface area contributed by atoms with Crippen molar-refractivity contribution in [2.75, 3.05) is 13.1 Å². The van der Waals surface area contributed by atoms with Gasteiger partial charge in [-0.1, -0.05) is 0 Å². The Balaban J connectivity index is 1.90. The first-order valence-corrected chi connectivity index (χ1v) is 9.17. The molecular weight excluding hydrogens is 312 g/mol. The maximum atomic E-state index is 13.0. The highest BCUT2D eigenvalue weighted by Crippen LogP contribution is 2.33. The summed E-state index contributed by atoms with van der Waals surface area (Å²) in [6.45, 7) is 6.63. The van der Waals surface area contributed by atoms with Crippen molar-refractivity contribution in [3.63, 3.8) is 0 Å². The molecule has 3 rings (SSSR count). The minimum Gasteiger partial charge on any atom is -0.271 e. The van der Waals surface area contributed by atoms with Crippen LogP contribution in [0.1, 0.15) is 34.9 Å². The molecule has 6 nitrogen and oxygen atoms in total. The molecule has 124 valence electrons. The lowest BCUT2D eigenvalue weighted by Gasteiger charge is -2.17. The third-order valence-corrected chi connectivity index (χ3v) is 6.83. The maximum Gasteiger partial charge on any atom is 0.246 e. The molecule has 1 saturated heterocycles. The highest BCUT2D eigenvalue weighted by molar-refractivity contribution is 7.89. The topological polar surface area (TPSA) is 68.1 Å². The van der Waals surface area contributed by atoms with Crippen molar-refractivity contribution in [1.29, 1.82) is 0 Å². The van der Waals surface area contributed by atoms with E-state index in [1.165, 1.54) is 0 Å². The van der Waals surface area contributed by atoms with Crippen molar-refractivity contribution < 1.29 is 8.42 Å². The summed E-state index contributed by atoms with van der Waals surface area (Å²) < 4.78 is 29.2. The second kappa shape index (κ2) is 5.72. The molecule has 1 atom stereocenters. The largest absolute Gasteiger partial charge is 0.271 e. The molecule has 0 unspecified atom stereocenters. The van der Waals surface area contributed by atoms with E-state index in [-0.39, 0.29) is 5.92 Å². The second-order valence-electron chi connectivity index (χ2n) is 6.20. The summed E-state index contributed by atoms with van der Waals surface area (Å²) in [7, 11) is -1.73. The molecule has 0 bridgehead atoms. The van der Waals surface area contributed by atoms with Gasteiger partial charge in [-0.05, 0) is 44.4 Å². The van der Waals surface area contributed by atoms with Crippen molar-refractivity contribution in [3.05, 3.63) is 41.0 Å². The van der Waals surface area contributed by atoms with E-state index in [0.717, 1.165) is 17.5 Å². The fourth-order valence-corrected chi connectivity index (χ4v) is 5.26. The van der Waals surface area contributed by atoms with Gasteiger partial charge in [-0.15, -0.1) is 0 Å². The summed E-state index contributed by atoms with van der Waals surface area (Å²) in [5, 5.41) is 4.24. The normalized spacial score (nSPS) is 19.4. The van der Waals surface area contributed by atoms with Gasteiger partial charge in [0.25, 0.3) is 0 Å². The molecule has 0 spiro atoms. The molecule has 2 aromatic rings. The van der Waals surface area contributed by atoms with Crippen LogP contribution in [0.25, 0.3) is 0 Å². The Labute approximate surface area is 137 Å². The van der Waals surface area contributed by atoms with Gasteiger partial charge in [0.1, 0.15) is 4.90 Å². The lowest BCUT2D eigenvalue weighted by molar-refractivity contribution is 0.471. The SMILES string of the molecule is Cc1ccncc1[C@@H]1CCN(S(=O)(=O)c2c(C)nn(C)c2C)C1. The van der Waals surface area contributed by atoms with E-state index < -0.39 is 10.0 Å². The molecule has 1 aliphatic heterocycles. The number of aromatic nitrogens is 3. The van der Waals surface area contributed by atoms with Crippen LogP contribution in [0.4, 0.5) is 0 Å². The van der Waals surface area contributed by atoms with Crippen molar-refractivity contribution in [3.8, 4) is 0 Å². The molecule has 7 heteroatoms. The minimum absolute atomic E-state index is 0.204. The fourth-order valence-electron chi connectivity index (χ4n) is 3.36. The van der Waals surface area contributed by atoms with E-state index in [4.69, 9.17) is 0 Å². The molecule has 23 heavy (non-hydrogen) atoms. The summed E-state index contributed by atoms with van der Waals surface area (Å²) in [6.07, 6.45) is 4.45. The molecule has 1 aliphatic rings. The van der Waals surface area contributed by atoms with Gasteiger partial charge in [0, 0.05) is 38.4 Å². The summed E-state index contributed by atoms with van der Waals surface area (Å²) in [6, 6.07) is 1.97. The molecule has 0 amide bonds. The monoisotopic (exact) mass is 334 g/mol. The van der Waals surface area contributed by atoms with Crippen LogP contribution in [0.3, 0.4) is 0 Å². The number of sulfonamides is 1. The number of nitrogens with zero attached hydrogens (tertiary/aromatic N) is 4. The third kappa shape index (κ3) is 2.68. The smallest absolute Gasteiger partial charge is 0.246 e. The average molecular weight is 334 g/mol. The zero-order chi connectivity index (χ0) is 16.8. The third-order valence-electron chi connectivity index (χ3n) is 4.71. The first kappa shape index (κ1) is 16.1. The molecular formula is C16H22N4O2S. The predicted octanol–water partition coefficient (Wildman–Crippen LogP) is 1.92. The van der Waals surface area contributed by atoms with Crippen LogP contribution in [0.2, 0.25) is 0 Å². The highest BCUT2D eigenvalue weighted by atomic mass is 32.2. The van der Waals surface area contributed by atoms with E-state index >= 15 is 0 Å². The second-order valence-corrected chi connectivity index (χ2v) is 8.08. The summed E-state index contributed by atoms with van der Waals surface area (Å²) in [4.78, 5) is 4.54. The van der Waals surface area contributed by atoms with Gasteiger partial charge in [-0.2, -0.15) is 9.40 Å². The standard InChI is InChI=1S/C16H22N4O2S/c1-11-5-7-17-9-15(11)14-6-8-20(10-14)23(21,22)16-12(2)18-19(4)13(16)3/h5,7,9,14H,6,8,10H2,1-4H3/t14-/m1/s1. The lowest BCUT2D eigenvalue weighted by Crippen LogP contribution is -2.29. The Kier molecular flexibility index (Phi) is 4.01. The van der Waals surface area contributed by atoms with E-state index in [1.807, 2.05) is 19.2 Å². The maximum absolute atomic E-state index is 13.0. The first-order chi connectivity index (χ1) is 10.8. The van der Waals surface area contributed by atoms with E-state index in [2.05, 4.69) is 10.1 Å². The predicted molar refractivity (Wildman–Crippen MR) is 87.8 cm³/mol. The van der Waals surface area contributed by atoms with Crippen LogP contribution in [-0.4, -0.2) is 40.6 Å². The van der Waals surface area contributed by atoms with Gasteiger partial charge in [0.05, 0.1) is 11.4 Å². The Hall–Kier alpha value is -1.73. The first-order valence-electron chi connectivity index (χ1n) is 7.73. The van der Waals surface area contributed by atoms with Crippen molar-refractivity contribution in [1.82, 2.24) is 19.1 Å². The Morgan fingerprint density at radius 2 is 2.00 bits per heavy atom. The van der Waals surface area contributed by atoms with E-state index in [0.29, 0.717) is 29.4 Å². The summed E-state index contributed by atoms with van der Waals surface area (Å²) in [5.41, 5.74) is 3.55. The van der Waals surface area contributed by atoms with E-state index in [1.54, 1.807) is 36.1 Å². The molecule has 1 fully saturated rings. The number of hydrogen-bond donors (Lipinski definition) is 0. The van der Waals surface area contributed by atoms with Crippen molar-refractivity contribution in [2.45, 2.75) is 38.0 Å². The van der Waals surface area contributed by atoms with Crippen molar-refractivity contribution >= 4 is 10.0 Å². The molecule has 0 aromatic carbocycles. The molecule has 0 radical (unpaired) electrons. The van der Waals surface area contributed by atoms with Gasteiger partial charge in [0.15, 0.2) is 0 Å². The van der Waals surface area contributed by atoms with Gasteiger partial charge in [-0.25, -0.2) is 8.42 Å². The molecule has 0 aliphatic carbocycles. The van der Waals surface area contributed by atoms with Crippen LogP contribution in [-0.2, 0) is 17.1 Å².